The summed E-state index contributed by atoms with van der Waals surface area (Å²) in [6.45, 7) is 2.41. The van der Waals surface area contributed by atoms with Crippen molar-refractivity contribution >= 4 is 34.7 Å². The van der Waals surface area contributed by atoms with E-state index >= 15 is 0 Å². The fourth-order valence-electron chi connectivity index (χ4n) is 1.51. The van der Waals surface area contributed by atoms with Crippen LogP contribution in [0, 0.1) is 0 Å². The topological polar surface area (TPSA) is 92.9 Å². The second-order valence-electron chi connectivity index (χ2n) is 3.93. The normalized spacial score (nSPS) is 10.3. The van der Waals surface area contributed by atoms with Crippen LogP contribution in [-0.4, -0.2) is 15.9 Å². The lowest BCUT2D eigenvalue weighted by Gasteiger charge is -2.06. The van der Waals surface area contributed by atoms with E-state index in [2.05, 4.69) is 27.6 Å². The van der Waals surface area contributed by atoms with Crippen LogP contribution in [0.3, 0.4) is 0 Å². The Kier molecular flexibility index (Phi) is 4.89. The Hall–Kier alpha value is -1.70. The highest BCUT2D eigenvalue weighted by Gasteiger charge is 2.13. The van der Waals surface area contributed by atoms with Crippen LogP contribution in [0.4, 0.5) is 5.82 Å². The van der Waals surface area contributed by atoms with Gasteiger partial charge in [-0.15, -0.1) is 11.3 Å². The molecule has 0 aliphatic rings. The minimum Gasteiger partial charge on any atom is -0.344 e. The number of thiazole rings is 1. The first-order valence-electron chi connectivity index (χ1n) is 5.99. The highest BCUT2D eigenvalue weighted by Crippen LogP contribution is 2.17. The molecule has 0 saturated carbocycles. The molecule has 2 heterocycles. The molecule has 1 amide bonds. The lowest BCUT2D eigenvalue weighted by molar-refractivity contribution is 0.0946. The Morgan fingerprint density at radius 2 is 2.30 bits per heavy atom. The molecule has 6 nitrogen and oxygen atoms in total. The van der Waals surface area contributed by atoms with E-state index in [0.717, 1.165) is 11.4 Å². The number of aromatic nitrogens is 2. The van der Waals surface area contributed by atoms with Crippen molar-refractivity contribution in [1.82, 2.24) is 15.3 Å². The van der Waals surface area contributed by atoms with Gasteiger partial charge in [-0.2, -0.15) is 0 Å². The second kappa shape index (κ2) is 6.65. The number of nitrogens with two attached hydrogens (primary N) is 1. The maximum Gasteiger partial charge on any atom is 0.271 e. The Morgan fingerprint density at radius 1 is 1.50 bits per heavy atom. The maximum absolute atomic E-state index is 12.0. The number of hydrogen-bond acceptors (Lipinski definition) is 6. The monoisotopic (exact) mass is 311 g/mol. The largest absolute Gasteiger partial charge is 0.344 e. The molecule has 0 aliphatic carbocycles. The molecule has 2 aromatic rings. The lowest BCUT2D eigenvalue weighted by Crippen LogP contribution is -2.24. The number of rotatable bonds is 5. The average molecular weight is 312 g/mol. The van der Waals surface area contributed by atoms with Gasteiger partial charge in [0.05, 0.1) is 11.6 Å². The summed E-state index contributed by atoms with van der Waals surface area (Å²) >= 11 is 7.52. The quantitative estimate of drug-likeness (QED) is 0.580. The van der Waals surface area contributed by atoms with E-state index in [9.17, 15) is 4.79 Å². The molecule has 0 radical (unpaired) electrons. The molecule has 0 atom stereocenters. The Bertz CT molecular complexity index is 616. The average Bonchev–Trinajstić information content (AvgIpc) is 2.93. The summed E-state index contributed by atoms with van der Waals surface area (Å²) < 4.78 is 0. The van der Waals surface area contributed by atoms with E-state index in [-0.39, 0.29) is 16.6 Å². The summed E-state index contributed by atoms with van der Waals surface area (Å²) in [7, 11) is 0. The molecule has 0 spiro atoms. The molecule has 0 bridgehead atoms. The number of carbonyl (C=O) groups is 1. The number of aryl methyl sites for hydroxylation is 1. The van der Waals surface area contributed by atoms with Crippen LogP contribution in [-0.2, 0) is 13.0 Å². The molecule has 2 rings (SSSR count). The first kappa shape index (κ1) is 14.7. The number of anilines is 1. The van der Waals surface area contributed by atoms with Gasteiger partial charge in [-0.3, -0.25) is 4.79 Å². The van der Waals surface area contributed by atoms with Crippen molar-refractivity contribution in [3.8, 4) is 0 Å². The van der Waals surface area contributed by atoms with Crippen LogP contribution in [0.1, 0.15) is 27.3 Å². The summed E-state index contributed by atoms with van der Waals surface area (Å²) in [6, 6.07) is 3.16. The van der Waals surface area contributed by atoms with Gasteiger partial charge in [0.25, 0.3) is 5.91 Å². The van der Waals surface area contributed by atoms with Gasteiger partial charge in [-0.05, 0) is 18.6 Å². The molecular weight excluding hydrogens is 298 g/mol. The van der Waals surface area contributed by atoms with Gasteiger partial charge >= 0.3 is 0 Å². The summed E-state index contributed by atoms with van der Waals surface area (Å²) in [4.78, 5) is 21.5. The van der Waals surface area contributed by atoms with Gasteiger partial charge in [0, 0.05) is 11.1 Å². The fourth-order valence-corrected chi connectivity index (χ4v) is 2.51. The third-order valence-corrected chi connectivity index (χ3v) is 4.01. The molecule has 0 fully saturated rings. The number of pyridine rings is 1. The van der Waals surface area contributed by atoms with Gasteiger partial charge in [-0.1, -0.05) is 18.5 Å². The van der Waals surface area contributed by atoms with E-state index < -0.39 is 0 Å². The zero-order chi connectivity index (χ0) is 14.5. The van der Waals surface area contributed by atoms with Gasteiger partial charge in [0.2, 0.25) is 0 Å². The zero-order valence-corrected chi connectivity index (χ0v) is 12.4. The minimum atomic E-state index is -0.361. The number of amides is 1. The van der Waals surface area contributed by atoms with Crippen LogP contribution in [0.5, 0.6) is 0 Å². The number of halogens is 1. The van der Waals surface area contributed by atoms with Crippen LogP contribution < -0.4 is 16.6 Å². The molecule has 8 heteroatoms. The SMILES string of the molecule is CCc1cnc(CNC(=O)c2nc(NN)ccc2Cl)s1. The van der Waals surface area contributed by atoms with Gasteiger partial charge in [-0.25, -0.2) is 15.8 Å². The second-order valence-corrected chi connectivity index (χ2v) is 5.53. The molecular formula is C12H14ClN5OS. The van der Waals surface area contributed by atoms with E-state index in [4.69, 9.17) is 17.4 Å². The number of carbonyl (C=O) groups excluding carboxylic acids is 1. The van der Waals surface area contributed by atoms with Crippen molar-refractivity contribution in [1.29, 1.82) is 0 Å². The zero-order valence-electron chi connectivity index (χ0n) is 10.8. The predicted molar refractivity (Wildman–Crippen MR) is 79.7 cm³/mol. The summed E-state index contributed by atoms with van der Waals surface area (Å²) in [5, 5.41) is 3.86. The first-order valence-corrected chi connectivity index (χ1v) is 7.18. The summed E-state index contributed by atoms with van der Waals surface area (Å²) in [5.41, 5.74) is 2.51. The standard InChI is InChI=1S/C12H14ClN5OS/c1-2-7-5-15-10(20-7)6-16-12(19)11-8(13)3-4-9(17-11)18-14/h3-5H,2,6,14H2,1H3,(H,16,19)(H,17,18). The van der Waals surface area contributed by atoms with Crippen molar-refractivity contribution in [2.75, 3.05) is 5.43 Å². The minimum absolute atomic E-state index is 0.134. The van der Waals surface area contributed by atoms with Gasteiger partial charge in [0.15, 0.2) is 0 Å². The Labute approximate surface area is 125 Å². The maximum atomic E-state index is 12.0. The molecule has 0 saturated heterocycles. The van der Waals surface area contributed by atoms with E-state index in [1.807, 2.05) is 6.20 Å². The van der Waals surface area contributed by atoms with Crippen LogP contribution >= 0.6 is 22.9 Å². The van der Waals surface area contributed by atoms with Gasteiger partial charge < -0.3 is 10.7 Å². The van der Waals surface area contributed by atoms with E-state index in [0.29, 0.717) is 12.4 Å². The fraction of sp³-hybridized carbons (Fsp3) is 0.250. The van der Waals surface area contributed by atoms with Crippen LogP contribution in [0.25, 0.3) is 0 Å². The van der Waals surface area contributed by atoms with Crippen molar-refractivity contribution < 1.29 is 4.79 Å². The highest BCUT2D eigenvalue weighted by molar-refractivity contribution is 7.11. The van der Waals surface area contributed by atoms with Crippen molar-refractivity contribution in [2.45, 2.75) is 19.9 Å². The lowest BCUT2D eigenvalue weighted by atomic mass is 10.3. The molecule has 0 unspecified atom stereocenters. The third kappa shape index (κ3) is 3.44. The van der Waals surface area contributed by atoms with Crippen LogP contribution in [0.15, 0.2) is 18.3 Å². The molecule has 0 aromatic carbocycles. The van der Waals surface area contributed by atoms with Crippen molar-refractivity contribution in [3.05, 3.63) is 38.9 Å². The third-order valence-electron chi connectivity index (χ3n) is 2.56. The molecule has 20 heavy (non-hydrogen) atoms. The number of hydrogen-bond donors (Lipinski definition) is 3. The van der Waals surface area contributed by atoms with Crippen LogP contribution in [0.2, 0.25) is 5.02 Å². The Morgan fingerprint density at radius 3 is 2.95 bits per heavy atom. The number of nitrogens with zero attached hydrogens (tertiary/aromatic N) is 2. The molecule has 0 aliphatic heterocycles. The number of hydrazine groups is 1. The predicted octanol–water partition coefficient (Wildman–Crippen LogP) is 1.97. The molecule has 2 aromatic heterocycles. The Balaban J connectivity index is 2.04. The molecule has 106 valence electrons. The van der Waals surface area contributed by atoms with E-state index in [1.54, 1.807) is 23.5 Å². The van der Waals surface area contributed by atoms with Crippen molar-refractivity contribution in [2.24, 2.45) is 5.84 Å². The number of nitrogens with one attached hydrogen (secondary N) is 2. The van der Waals surface area contributed by atoms with Crippen molar-refractivity contribution in [3.63, 3.8) is 0 Å². The van der Waals surface area contributed by atoms with Gasteiger partial charge in [0.1, 0.15) is 16.5 Å². The smallest absolute Gasteiger partial charge is 0.271 e. The van der Waals surface area contributed by atoms with E-state index in [1.165, 1.54) is 4.88 Å². The molecule has 4 N–H and O–H groups in total. The highest BCUT2D eigenvalue weighted by atomic mass is 35.5. The summed E-state index contributed by atoms with van der Waals surface area (Å²) in [5.74, 6) is 5.27. The first-order chi connectivity index (χ1) is 9.63. The summed E-state index contributed by atoms with van der Waals surface area (Å²) in [6.07, 6.45) is 2.75. The number of nitrogen functional groups attached to an aromatic ring is 1.